The normalized spacial score (nSPS) is 10.3. The quantitative estimate of drug-likeness (QED) is 0.354. The van der Waals surface area contributed by atoms with Crippen LogP contribution in [0.1, 0.15) is 12.0 Å². The molecule has 0 saturated heterocycles. The molecule has 110 valence electrons. The van der Waals surface area contributed by atoms with Gasteiger partial charge in [0.05, 0.1) is 13.2 Å². The van der Waals surface area contributed by atoms with Crippen LogP contribution in [0, 0.1) is 6.92 Å². The smallest absolute Gasteiger partial charge is 0.336 e. The molecule has 0 fully saturated rings. The predicted octanol–water partition coefficient (Wildman–Crippen LogP) is 2.60. The largest absolute Gasteiger partial charge is 0.493 e. The van der Waals surface area contributed by atoms with Crippen LogP contribution in [0.15, 0.2) is 46.1 Å². The summed E-state index contributed by atoms with van der Waals surface area (Å²) in [6, 6.07) is 6.79. The molecule has 1 heterocycles. The van der Waals surface area contributed by atoms with E-state index in [0.717, 1.165) is 17.0 Å². The minimum Gasteiger partial charge on any atom is -0.493 e. The van der Waals surface area contributed by atoms with Crippen LogP contribution < -0.4 is 10.4 Å². The molecule has 0 N–H and O–H groups in total. The van der Waals surface area contributed by atoms with Gasteiger partial charge in [-0.05, 0) is 24.6 Å². The minimum absolute atomic E-state index is 0.270. The van der Waals surface area contributed by atoms with Gasteiger partial charge in [0.2, 0.25) is 0 Å². The number of rotatable bonds is 6. The molecule has 5 nitrogen and oxygen atoms in total. The first-order chi connectivity index (χ1) is 10.1. The van der Waals surface area contributed by atoms with E-state index in [0.29, 0.717) is 24.4 Å². The maximum atomic E-state index is 11.3. The highest BCUT2D eigenvalue weighted by Gasteiger charge is 2.04. The first kappa shape index (κ1) is 14.8. The van der Waals surface area contributed by atoms with Crippen molar-refractivity contribution in [3.63, 3.8) is 0 Å². The van der Waals surface area contributed by atoms with Gasteiger partial charge in [0.25, 0.3) is 0 Å². The second kappa shape index (κ2) is 6.74. The fourth-order valence-corrected chi connectivity index (χ4v) is 1.88. The van der Waals surface area contributed by atoms with E-state index in [2.05, 4.69) is 6.58 Å². The monoisotopic (exact) mass is 288 g/mol. The second-order valence-corrected chi connectivity index (χ2v) is 4.48. The van der Waals surface area contributed by atoms with E-state index in [-0.39, 0.29) is 12.2 Å². The molecule has 0 aliphatic heterocycles. The van der Waals surface area contributed by atoms with Gasteiger partial charge in [-0.25, -0.2) is 9.59 Å². The molecule has 1 aromatic heterocycles. The zero-order valence-electron chi connectivity index (χ0n) is 11.8. The molecule has 0 bridgehead atoms. The number of carbonyl (C=O) groups excluding carboxylic acids is 1. The van der Waals surface area contributed by atoms with Crippen LogP contribution in [0.3, 0.4) is 0 Å². The highest BCUT2D eigenvalue weighted by Crippen LogP contribution is 2.22. The SMILES string of the molecule is C=CC(=O)OCCCOc1ccc2c(C)cc(=O)oc2c1. The maximum absolute atomic E-state index is 11.3. The van der Waals surface area contributed by atoms with Crippen molar-refractivity contribution in [2.45, 2.75) is 13.3 Å². The summed E-state index contributed by atoms with van der Waals surface area (Å²) >= 11 is 0. The lowest BCUT2D eigenvalue weighted by Gasteiger charge is -2.07. The van der Waals surface area contributed by atoms with Crippen molar-refractivity contribution in [3.8, 4) is 5.75 Å². The van der Waals surface area contributed by atoms with Crippen molar-refractivity contribution in [1.82, 2.24) is 0 Å². The Morgan fingerprint density at radius 2 is 2.14 bits per heavy atom. The number of benzene rings is 1. The van der Waals surface area contributed by atoms with Crippen LogP contribution in [0.25, 0.3) is 11.0 Å². The lowest BCUT2D eigenvalue weighted by Crippen LogP contribution is -2.06. The van der Waals surface area contributed by atoms with Gasteiger partial charge >= 0.3 is 11.6 Å². The molecule has 0 spiro atoms. The van der Waals surface area contributed by atoms with Crippen LogP contribution in [-0.2, 0) is 9.53 Å². The Kier molecular flexibility index (Phi) is 4.77. The van der Waals surface area contributed by atoms with Crippen molar-refractivity contribution in [1.29, 1.82) is 0 Å². The summed E-state index contributed by atoms with van der Waals surface area (Å²) in [5.41, 5.74) is 0.980. The summed E-state index contributed by atoms with van der Waals surface area (Å²) in [4.78, 5) is 22.2. The molecular weight excluding hydrogens is 272 g/mol. The molecular formula is C16H16O5. The van der Waals surface area contributed by atoms with E-state index in [9.17, 15) is 9.59 Å². The third-order valence-electron chi connectivity index (χ3n) is 2.89. The van der Waals surface area contributed by atoms with Crippen molar-refractivity contribution in [2.24, 2.45) is 0 Å². The number of fused-ring (bicyclic) bond motifs is 1. The Bertz CT molecular complexity index is 714. The van der Waals surface area contributed by atoms with E-state index in [1.807, 2.05) is 19.1 Å². The number of esters is 1. The van der Waals surface area contributed by atoms with Gasteiger partial charge in [-0.15, -0.1) is 0 Å². The van der Waals surface area contributed by atoms with Gasteiger partial charge in [0.15, 0.2) is 0 Å². The van der Waals surface area contributed by atoms with E-state index >= 15 is 0 Å². The third-order valence-corrected chi connectivity index (χ3v) is 2.89. The molecule has 5 heteroatoms. The standard InChI is InChI=1S/C16H16O5/c1-3-15(17)20-8-4-7-19-12-5-6-13-11(2)9-16(18)21-14(13)10-12/h3,5-6,9-10H,1,4,7-8H2,2H3. The topological polar surface area (TPSA) is 65.7 Å². The van der Waals surface area contributed by atoms with Crippen molar-refractivity contribution in [2.75, 3.05) is 13.2 Å². The zero-order chi connectivity index (χ0) is 15.2. The fourth-order valence-electron chi connectivity index (χ4n) is 1.88. The summed E-state index contributed by atoms with van der Waals surface area (Å²) in [6.07, 6.45) is 1.68. The first-order valence-electron chi connectivity index (χ1n) is 6.56. The molecule has 2 aromatic rings. The molecule has 2 rings (SSSR count). The van der Waals surface area contributed by atoms with E-state index in [1.165, 1.54) is 6.07 Å². The average molecular weight is 288 g/mol. The Labute approximate surface area is 121 Å². The van der Waals surface area contributed by atoms with E-state index < -0.39 is 5.97 Å². The second-order valence-electron chi connectivity index (χ2n) is 4.48. The molecule has 0 saturated carbocycles. The molecule has 0 aliphatic rings. The Balaban J connectivity index is 1.95. The molecule has 21 heavy (non-hydrogen) atoms. The predicted molar refractivity (Wildman–Crippen MR) is 78.5 cm³/mol. The number of ether oxygens (including phenoxy) is 2. The fraction of sp³-hybridized carbons (Fsp3) is 0.250. The molecule has 0 amide bonds. The Morgan fingerprint density at radius 3 is 2.90 bits per heavy atom. The number of carbonyl (C=O) groups is 1. The van der Waals surface area contributed by atoms with Crippen LogP contribution in [0.5, 0.6) is 5.75 Å². The van der Waals surface area contributed by atoms with E-state index in [4.69, 9.17) is 13.9 Å². The number of aryl methyl sites for hydroxylation is 1. The van der Waals surface area contributed by atoms with Crippen LogP contribution in [0.2, 0.25) is 0 Å². The lowest BCUT2D eigenvalue weighted by molar-refractivity contribution is -0.137. The molecule has 0 unspecified atom stereocenters. The third kappa shape index (κ3) is 3.95. The zero-order valence-corrected chi connectivity index (χ0v) is 11.8. The van der Waals surface area contributed by atoms with Gasteiger partial charge in [0.1, 0.15) is 11.3 Å². The van der Waals surface area contributed by atoms with Crippen LogP contribution in [-0.4, -0.2) is 19.2 Å². The first-order valence-corrected chi connectivity index (χ1v) is 6.56. The Hall–Kier alpha value is -2.56. The highest BCUT2D eigenvalue weighted by atomic mass is 16.5. The minimum atomic E-state index is -0.446. The summed E-state index contributed by atoms with van der Waals surface area (Å²) in [5.74, 6) is 0.157. The van der Waals surface area contributed by atoms with Gasteiger partial charge in [-0.2, -0.15) is 0 Å². The van der Waals surface area contributed by atoms with Gasteiger partial charge in [-0.3, -0.25) is 0 Å². The lowest BCUT2D eigenvalue weighted by atomic mass is 10.1. The van der Waals surface area contributed by atoms with Crippen molar-refractivity contribution in [3.05, 3.63) is 52.9 Å². The van der Waals surface area contributed by atoms with Gasteiger partial charge in [0, 0.05) is 30.0 Å². The average Bonchev–Trinajstić information content (AvgIpc) is 2.46. The highest BCUT2D eigenvalue weighted by molar-refractivity contribution is 5.81. The Morgan fingerprint density at radius 1 is 1.33 bits per heavy atom. The summed E-state index contributed by atoms with van der Waals surface area (Å²) in [7, 11) is 0. The maximum Gasteiger partial charge on any atom is 0.336 e. The van der Waals surface area contributed by atoms with Crippen LogP contribution in [0.4, 0.5) is 0 Å². The molecule has 0 atom stereocenters. The summed E-state index contributed by atoms with van der Waals surface area (Å²) < 4.78 is 15.5. The van der Waals surface area contributed by atoms with Crippen molar-refractivity contribution < 1.29 is 18.7 Å². The number of hydrogen-bond donors (Lipinski definition) is 0. The van der Waals surface area contributed by atoms with Crippen molar-refractivity contribution >= 4 is 16.9 Å². The molecule has 0 aliphatic carbocycles. The molecule has 0 radical (unpaired) electrons. The van der Waals surface area contributed by atoms with Crippen LogP contribution >= 0.6 is 0 Å². The van der Waals surface area contributed by atoms with Gasteiger partial charge < -0.3 is 13.9 Å². The van der Waals surface area contributed by atoms with E-state index in [1.54, 1.807) is 6.07 Å². The number of hydrogen-bond acceptors (Lipinski definition) is 5. The molecule has 1 aromatic carbocycles. The summed E-state index contributed by atoms with van der Waals surface area (Å²) in [6.45, 7) is 5.83. The summed E-state index contributed by atoms with van der Waals surface area (Å²) in [5, 5.41) is 0.877. The van der Waals surface area contributed by atoms with Gasteiger partial charge in [-0.1, -0.05) is 6.58 Å².